The first-order chi connectivity index (χ1) is 13.0. The van der Waals surface area contributed by atoms with Crippen molar-refractivity contribution in [2.45, 2.75) is 38.1 Å². The van der Waals surface area contributed by atoms with Crippen LogP contribution < -0.4 is 10.6 Å². The summed E-state index contributed by atoms with van der Waals surface area (Å²) in [7, 11) is 0. The van der Waals surface area contributed by atoms with E-state index >= 15 is 0 Å². The van der Waals surface area contributed by atoms with Crippen molar-refractivity contribution in [1.82, 2.24) is 14.9 Å². The number of nitrogens with zero attached hydrogens (tertiary/aromatic N) is 4. The summed E-state index contributed by atoms with van der Waals surface area (Å²) in [5.41, 5.74) is 8.69. The monoisotopic (exact) mass is 449 g/mol. The van der Waals surface area contributed by atoms with Crippen LogP contribution in [0.2, 0.25) is 0 Å². The van der Waals surface area contributed by atoms with Crippen LogP contribution in [0.4, 0.5) is 5.82 Å². The van der Waals surface area contributed by atoms with Crippen molar-refractivity contribution in [3.05, 3.63) is 38.4 Å². The summed E-state index contributed by atoms with van der Waals surface area (Å²) < 4.78 is 1.07. The van der Waals surface area contributed by atoms with Gasteiger partial charge >= 0.3 is 0 Å². The maximum atomic E-state index is 12.7. The van der Waals surface area contributed by atoms with Crippen molar-refractivity contribution in [3.8, 4) is 0 Å². The third kappa shape index (κ3) is 3.88. The highest BCUT2D eigenvalue weighted by molar-refractivity contribution is 9.11. The van der Waals surface area contributed by atoms with E-state index in [2.05, 4.69) is 37.7 Å². The summed E-state index contributed by atoms with van der Waals surface area (Å²) >= 11 is 5.09. The van der Waals surface area contributed by atoms with Crippen LogP contribution in [-0.2, 0) is 17.6 Å². The molecular formula is C19H24BrN5OS. The van der Waals surface area contributed by atoms with Gasteiger partial charge in [0.1, 0.15) is 12.1 Å². The number of thiophene rings is 1. The Hall–Kier alpha value is -1.51. The van der Waals surface area contributed by atoms with Crippen molar-refractivity contribution < 1.29 is 4.79 Å². The molecular weight excluding hydrogens is 426 g/mol. The molecule has 0 spiro atoms. The van der Waals surface area contributed by atoms with Crippen LogP contribution in [0.3, 0.4) is 0 Å². The summed E-state index contributed by atoms with van der Waals surface area (Å²) in [6, 6.07) is 3.54. The van der Waals surface area contributed by atoms with Gasteiger partial charge in [0.2, 0.25) is 5.91 Å². The van der Waals surface area contributed by atoms with Crippen LogP contribution in [0.1, 0.15) is 35.4 Å². The molecule has 1 aliphatic heterocycles. The lowest BCUT2D eigenvalue weighted by atomic mass is 10.1. The Morgan fingerprint density at radius 2 is 2.11 bits per heavy atom. The van der Waals surface area contributed by atoms with E-state index in [9.17, 15) is 4.79 Å². The minimum atomic E-state index is -0.481. The summed E-state index contributed by atoms with van der Waals surface area (Å²) in [6.07, 6.45) is 4.45. The van der Waals surface area contributed by atoms with Crippen molar-refractivity contribution in [3.63, 3.8) is 0 Å². The number of rotatable bonds is 4. The largest absolute Gasteiger partial charge is 0.353 e. The molecule has 2 N–H and O–H groups in total. The molecule has 1 fully saturated rings. The average molecular weight is 450 g/mol. The van der Waals surface area contributed by atoms with Gasteiger partial charge in [-0.1, -0.05) is 6.92 Å². The highest BCUT2D eigenvalue weighted by atomic mass is 79.9. The molecule has 2 aromatic heterocycles. The Balaban J connectivity index is 1.38. The molecule has 1 amide bonds. The second-order valence-corrected chi connectivity index (χ2v) is 9.87. The van der Waals surface area contributed by atoms with Gasteiger partial charge in [-0.15, -0.1) is 11.3 Å². The summed E-state index contributed by atoms with van der Waals surface area (Å²) in [4.78, 5) is 27.1. The van der Waals surface area contributed by atoms with E-state index in [0.717, 1.165) is 40.4 Å². The first-order valence-corrected chi connectivity index (χ1v) is 11.0. The smallest absolute Gasteiger partial charge is 0.239 e. The Morgan fingerprint density at radius 3 is 2.81 bits per heavy atom. The zero-order valence-electron chi connectivity index (χ0n) is 15.4. The number of hydrogen-bond donors (Lipinski definition) is 1. The van der Waals surface area contributed by atoms with Crippen molar-refractivity contribution >= 4 is 39.0 Å². The van der Waals surface area contributed by atoms with Crippen LogP contribution in [0.15, 0.2) is 22.2 Å². The van der Waals surface area contributed by atoms with E-state index in [4.69, 9.17) is 5.73 Å². The maximum absolute atomic E-state index is 12.7. The number of aromatic nitrogens is 2. The van der Waals surface area contributed by atoms with Crippen molar-refractivity contribution in [1.29, 1.82) is 0 Å². The molecule has 2 aliphatic rings. The number of anilines is 1. The quantitative estimate of drug-likeness (QED) is 0.775. The lowest BCUT2D eigenvalue weighted by Gasteiger charge is -2.37. The van der Waals surface area contributed by atoms with Gasteiger partial charge in [0.25, 0.3) is 0 Å². The van der Waals surface area contributed by atoms with E-state index in [-0.39, 0.29) is 5.91 Å². The van der Waals surface area contributed by atoms with E-state index in [0.29, 0.717) is 25.4 Å². The maximum Gasteiger partial charge on any atom is 0.239 e. The van der Waals surface area contributed by atoms with Crippen molar-refractivity contribution in [2.24, 2.45) is 5.73 Å². The topological polar surface area (TPSA) is 75.4 Å². The molecule has 8 heteroatoms. The standard InChI is InChI=1S/C19H24BrN5OS/c1-12-2-4-15-17(12)18(23-11-22-15)24-6-8-25(9-7-24)19(26)14(21)10-13-3-5-16(20)27-13/h3,5,11-12,14H,2,4,6-10,21H2,1H3. The van der Waals surface area contributed by atoms with E-state index in [1.807, 2.05) is 17.0 Å². The predicted octanol–water partition coefficient (Wildman–Crippen LogP) is 2.57. The third-order valence-corrected chi connectivity index (χ3v) is 7.16. The fourth-order valence-corrected chi connectivity index (χ4v) is 5.56. The van der Waals surface area contributed by atoms with Crippen LogP contribution >= 0.6 is 27.3 Å². The van der Waals surface area contributed by atoms with Crippen LogP contribution in [-0.4, -0.2) is 53.0 Å². The first kappa shape index (κ1) is 18.8. The van der Waals surface area contributed by atoms with Crippen molar-refractivity contribution in [2.75, 3.05) is 31.1 Å². The van der Waals surface area contributed by atoms with Gasteiger partial charge in [-0.05, 0) is 46.8 Å². The number of piperazine rings is 1. The SMILES string of the molecule is CC1CCc2ncnc(N3CCN(C(=O)C(N)Cc4ccc(Br)s4)CC3)c21. The second-order valence-electron chi connectivity index (χ2n) is 7.33. The van der Waals surface area contributed by atoms with E-state index in [1.165, 1.54) is 11.3 Å². The summed E-state index contributed by atoms with van der Waals surface area (Å²) in [5.74, 6) is 1.61. The Morgan fingerprint density at radius 1 is 1.33 bits per heavy atom. The zero-order chi connectivity index (χ0) is 19.0. The van der Waals surface area contributed by atoms with Gasteiger partial charge in [0.15, 0.2) is 0 Å². The van der Waals surface area contributed by atoms with Gasteiger partial charge in [-0.3, -0.25) is 4.79 Å². The number of halogens is 1. The molecule has 27 heavy (non-hydrogen) atoms. The minimum Gasteiger partial charge on any atom is -0.353 e. The first-order valence-electron chi connectivity index (χ1n) is 9.40. The number of nitrogens with two attached hydrogens (primary N) is 1. The van der Waals surface area contributed by atoms with E-state index in [1.54, 1.807) is 17.7 Å². The normalized spacial score (nSPS) is 20.6. The Kier molecular flexibility index (Phi) is 5.48. The molecule has 144 valence electrons. The minimum absolute atomic E-state index is 0.0421. The van der Waals surface area contributed by atoms with Gasteiger partial charge in [-0.25, -0.2) is 9.97 Å². The molecule has 2 aromatic rings. The summed E-state index contributed by atoms with van der Waals surface area (Å²) in [6.45, 7) is 5.21. The zero-order valence-corrected chi connectivity index (χ0v) is 17.8. The number of fused-ring (bicyclic) bond motifs is 1. The van der Waals surface area contributed by atoms with Crippen LogP contribution in [0.25, 0.3) is 0 Å². The molecule has 1 aliphatic carbocycles. The highest BCUT2D eigenvalue weighted by Crippen LogP contribution is 2.37. The Bertz CT molecular complexity index is 833. The predicted molar refractivity (Wildman–Crippen MR) is 111 cm³/mol. The number of aryl methyl sites for hydroxylation is 1. The van der Waals surface area contributed by atoms with E-state index < -0.39 is 6.04 Å². The third-order valence-electron chi connectivity index (χ3n) is 5.51. The fourth-order valence-electron chi connectivity index (χ4n) is 4.01. The molecule has 4 rings (SSSR count). The average Bonchev–Trinajstić information content (AvgIpc) is 3.27. The molecule has 1 saturated heterocycles. The molecule has 0 bridgehead atoms. The van der Waals surface area contributed by atoms with Crippen LogP contribution in [0, 0.1) is 0 Å². The van der Waals surface area contributed by atoms with Crippen LogP contribution in [0.5, 0.6) is 0 Å². The van der Waals surface area contributed by atoms with Gasteiger partial charge in [-0.2, -0.15) is 0 Å². The highest BCUT2D eigenvalue weighted by Gasteiger charge is 2.30. The number of carbonyl (C=O) groups excluding carboxylic acids is 1. The lowest BCUT2D eigenvalue weighted by molar-refractivity contribution is -0.132. The molecule has 0 saturated carbocycles. The van der Waals surface area contributed by atoms with Gasteiger partial charge in [0, 0.05) is 48.7 Å². The van der Waals surface area contributed by atoms with Gasteiger partial charge < -0.3 is 15.5 Å². The molecule has 6 nitrogen and oxygen atoms in total. The number of hydrogen-bond acceptors (Lipinski definition) is 6. The number of carbonyl (C=O) groups is 1. The molecule has 0 aromatic carbocycles. The fraction of sp³-hybridized carbons (Fsp3) is 0.526. The molecule has 0 radical (unpaired) electrons. The molecule has 2 unspecified atom stereocenters. The van der Waals surface area contributed by atoms with Gasteiger partial charge in [0.05, 0.1) is 9.83 Å². The lowest BCUT2D eigenvalue weighted by Crippen LogP contribution is -2.54. The summed E-state index contributed by atoms with van der Waals surface area (Å²) in [5, 5.41) is 0. The number of amides is 1. The Labute approximate surface area is 171 Å². The molecule has 3 heterocycles. The molecule has 2 atom stereocenters. The second kappa shape index (κ2) is 7.85.